The van der Waals surface area contributed by atoms with Gasteiger partial charge >= 0.3 is 6.09 Å². The van der Waals surface area contributed by atoms with Gasteiger partial charge < -0.3 is 15.1 Å². The Kier molecular flexibility index (Phi) is 3.34. The predicted octanol–water partition coefficient (Wildman–Crippen LogP) is 0.901. The van der Waals surface area contributed by atoms with Gasteiger partial charge in [-0.25, -0.2) is 4.79 Å². The van der Waals surface area contributed by atoms with Gasteiger partial charge in [-0.1, -0.05) is 0 Å². The van der Waals surface area contributed by atoms with Crippen molar-refractivity contribution in [2.75, 3.05) is 13.2 Å². The van der Waals surface area contributed by atoms with Crippen LogP contribution in [0.1, 0.15) is 25.7 Å². The van der Waals surface area contributed by atoms with Crippen LogP contribution in [-0.2, 0) is 0 Å². The summed E-state index contributed by atoms with van der Waals surface area (Å²) in [6.45, 7) is 0.703. The van der Waals surface area contributed by atoms with E-state index >= 15 is 0 Å². The molecule has 0 spiro atoms. The van der Waals surface area contributed by atoms with E-state index in [1.54, 1.807) is 0 Å². The first-order valence-electron chi connectivity index (χ1n) is 4.36. The van der Waals surface area contributed by atoms with Crippen LogP contribution in [0.25, 0.3) is 0 Å². The zero-order valence-corrected chi connectivity index (χ0v) is 7.07. The molecule has 0 radical (unpaired) electrons. The Bertz CT molecular complexity index is 158. The fourth-order valence-electron chi connectivity index (χ4n) is 1.70. The molecule has 0 aromatic rings. The number of rotatable bonds is 2. The van der Waals surface area contributed by atoms with Crippen molar-refractivity contribution in [2.45, 2.75) is 31.7 Å². The van der Waals surface area contributed by atoms with Gasteiger partial charge in [0.15, 0.2) is 0 Å². The topological polar surface area (TPSA) is 60.8 Å². The first kappa shape index (κ1) is 9.32. The summed E-state index contributed by atoms with van der Waals surface area (Å²) >= 11 is 0. The molecule has 1 atom stereocenters. The largest absolute Gasteiger partial charge is 0.465 e. The molecule has 1 saturated heterocycles. The van der Waals surface area contributed by atoms with Crippen molar-refractivity contribution in [3.05, 3.63) is 0 Å². The van der Waals surface area contributed by atoms with Crippen molar-refractivity contribution in [3.8, 4) is 0 Å². The number of likely N-dealkylation sites (tertiary alicyclic amines) is 1. The van der Waals surface area contributed by atoms with Crippen LogP contribution in [-0.4, -0.2) is 40.4 Å². The van der Waals surface area contributed by atoms with Crippen molar-refractivity contribution in [1.82, 2.24) is 4.90 Å². The summed E-state index contributed by atoms with van der Waals surface area (Å²) in [5.41, 5.74) is 0. The Balaban J connectivity index is 2.48. The van der Waals surface area contributed by atoms with E-state index < -0.39 is 6.09 Å². The van der Waals surface area contributed by atoms with Gasteiger partial charge in [-0.05, 0) is 25.7 Å². The van der Waals surface area contributed by atoms with Crippen LogP contribution in [0.5, 0.6) is 0 Å². The number of nitrogens with zero attached hydrogens (tertiary/aromatic N) is 1. The van der Waals surface area contributed by atoms with Crippen molar-refractivity contribution in [1.29, 1.82) is 0 Å². The van der Waals surface area contributed by atoms with E-state index in [1.807, 2.05) is 0 Å². The van der Waals surface area contributed by atoms with Crippen LogP contribution in [0, 0.1) is 0 Å². The van der Waals surface area contributed by atoms with Crippen molar-refractivity contribution < 1.29 is 15.0 Å². The van der Waals surface area contributed by atoms with Crippen LogP contribution in [0.15, 0.2) is 0 Å². The van der Waals surface area contributed by atoms with E-state index in [2.05, 4.69) is 0 Å². The molecule has 1 rings (SSSR count). The molecule has 1 heterocycles. The van der Waals surface area contributed by atoms with Crippen molar-refractivity contribution >= 4 is 6.09 Å². The number of aliphatic hydroxyl groups is 1. The summed E-state index contributed by atoms with van der Waals surface area (Å²) in [5, 5.41) is 17.5. The molecule has 1 aliphatic heterocycles. The fraction of sp³-hybridized carbons (Fsp3) is 0.875. The molecule has 4 nitrogen and oxygen atoms in total. The lowest BCUT2D eigenvalue weighted by molar-refractivity contribution is 0.0949. The predicted molar refractivity (Wildman–Crippen MR) is 44.1 cm³/mol. The minimum atomic E-state index is -0.854. The lowest BCUT2D eigenvalue weighted by Gasteiger charge is -2.33. The molecule has 1 aliphatic rings. The number of amides is 1. The average Bonchev–Trinajstić information content (AvgIpc) is 2.05. The molecule has 0 aromatic carbocycles. The normalized spacial score (nSPS) is 24.1. The summed E-state index contributed by atoms with van der Waals surface area (Å²) in [5.74, 6) is 0. The van der Waals surface area contributed by atoms with E-state index in [9.17, 15) is 4.79 Å². The van der Waals surface area contributed by atoms with Crippen LogP contribution in [0.3, 0.4) is 0 Å². The SMILES string of the molecule is O=C(O)N1CCCCC1CCO. The van der Waals surface area contributed by atoms with Gasteiger partial charge in [-0.15, -0.1) is 0 Å². The highest BCUT2D eigenvalue weighted by Gasteiger charge is 2.25. The lowest BCUT2D eigenvalue weighted by atomic mass is 10.0. The molecule has 1 unspecified atom stereocenters. The third-order valence-corrected chi connectivity index (χ3v) is 2.34. The van der Waals surface area contributed by atoms with Crippen molar-refractivity contribution in [2.24, 2.45) is 0 Å². The summed E-state index contributed by atoms with van der Waals surface area (Å²) < 4.78 is 0. The molecule has 0 bridgehead atoms. The maximum atomic E-state index is 10.7. The maximum Gasteiger partial charge on any atom is 0.407 e. The molecule has 1 fully saturated rings. The van der Waals surface area contributed by atoms with Crippen LogP contribution >= 0.6 is 0 Å². The number of carboxylic acid groups (broad SMARTS) is 1. The summed E-state index contributed by atoms with van der Waals surface area (Å²) in [6.07, 6.45) is 2.65. The fourth-order valence-corrected chi connectivity index (χ4v) is 1.70. The molecule has 1 amide bonds. The minimum Gasteiger partial charge on any atom is -0.465 e. The van der Waals surface area contributed by atoms with E-state index in [4.69, 9.17) is 10.2 Å². The third-order valence-electron chi connectivity index (χ3n) is 2.34. The van der Waals surface area contributed by atoms with Gasteiger partial charge in [0.05, 0.1) is 0 Å². The highest BCUT2D eigenvalue weighted by atomic mass is 16.4. The molecular formula is C8H15NO3. The second-order valence-corrected chi connectivity index (χ2v) is 3.14. The van der Waals surface area contributed by atoms with Gasteiger partial charge in [-0.2, -0.15) is 0 Å². The monoisotopic (exact) mass is 173 g/mol. The van der Waals surface area contributed by atoms with Gasteiger partial charge in [0.1, 0.15) is 0 Å². The second kappa shape index (κ2) is 4.30. The molecule has 12 heavy (non-hydrogen) atoms. The number of aliphatic hydroxyl groups excluding tert-OH is 1. The molecule has 2 N–H and O–H groups in total. The Labute approximate surface area is 71.8 Å². The first-order chi connectivity index (χ1) is 5.75. The maximum absolute atomic E-state index is 10.7. The molecule has 0 saturated carbocycles. The minimum absolute atomic E-state index is 0.0428. The highest BCUT2D eigenvalue weighted by Crippen LogP contribution is 2.19. The summed E-state index contributed by atoms with van der Waals surface area (Å²) in [7, 11) is 0. The standard InChI is InChI=1S/C8H15NO3/c10-6-4-7-3-1-2-5-9(7)8(11)12/h7,10H,1-6H2,(H,11,12). The third kappa shape index (κ3) is 2.11. The summed E-state index contributed by atoms with van der Waals surface area (Å²) in [6, 6.07) is 0.0428. The van der Waals surface area contributed by atoms with E-state index in [1.165, 1.54) is 4.90 Å². The van der Waals surface area contributed by atoms with Gasteiger partial charge in [-0.3, -0.25) is 0 Å². The zero-order valence-electron chi connectivity index (χ0n) is 7.07. The molecule has 70 valence electrons. The first-order valence-corrected chi connectivity index (χ1v) is 4.36. The van der Waals surface area contributed by atoms with Crippen LogP contribution in [0.4, 0.5) is 4.79 Å². The van der Waals surface area contributed by atoms with Crippen LogP contribution < -0.4 is 0 Å². The average molecular weight is 173 g/mol. The molecule has 4 heteroatoms. The number of carbonyl (C=O) groups is 1. The van der Waals surface area contributed by atoms with Gasteiger partial charge in [0.2, 0.25) is 0 Å². The van der Waals surface area contributed by atoms with Gasteiger partial charge in [0, 0.05) is 19.2 Å². The highest BCUT2D eigenvalue weighted by molar-refractivity contribution is 5.65. The Morgan fingerprint density at radius 2 is 2.25 bits per heavy atom. The molecular weight excluding hydrogens is 158 g/mol. The quantitative estimate of drug-likeness (QED) is 0.652. The Morgan fingerprint density at radius 1 is 1.50 bits per heavy atom. The summed E-state index contributed by atoms with van der Waals surface area (Å²) in [4.78, 5) is 12.1. The van der Waals surface area contributed by atoms with E-state index in [-0.39, 0.29) is 12.6 Å². The number of hydrogen-bond acceptors (Lipinski definition) is 2. The van der Waals surface area contributed by atoms with Gasteiger partial charge in [0.25, 0.3) is 0 Å². The smallest absolute Gasteiger partial charge is 0.407 e. The zero-order chi connectivity index (χ0) is 8.97. The van der Waals surface area contributed by atoms with E-state index in [0.717, 1.165) is 19.3 Å². The molecule has 0 aliphatic carbocycles. The van der Waals surface area contributed by atoms with E-state index in [0.29, 0.717) is 13.0 Å². The Morgan fingerprint density at radius 3 is 2.83 bits per heavy atom. The van der Waals surface area contributed by atoms with Crippen LogP contribution in [0.2, 0.25) is 0 Å². The number of hydrogen-bond donors (Lipinski definition) is 2. The lowest BCUT2D eigenvalue weighted by Crippen LogP contribution is -2.43. The molecule has 0 aromatic heterocycles. The Hall–Kier alpha value is -0.770. The van der Waals surface area contributed by atoms with Crippen molar-refractivity contribution in [3.63, 3.8) is 0 Å². The second-order valence-electron chi connectivity index (χ2n) is 3.14. The number of piperidine rings is 1.